The molecular formula is C26H36N10O6. The number of imidazole rings is 1. The van der Waals surface area contributed by atoms with Gasteiger partial charge in [0.25, 0.3) is 0 Å². The lowest BCUT2D eigenvalue weighted by Gasteiger charge is -2.24. The molecule has 2 aromatic heterocycles. The Morgan fingerprint density at radius 1 is 0.952 bits per heavy atom. The van der Waals surface area contributed by atoms with E-state index in [0.717, 1.165) is 10.9 Å². The largest absolute Gasteiger partial charge is 0.480 e. The number of aliphatic imine (C=N–C) groups is 1. The number of aliphatic hydroxyl groups excluding tert-OH is 1. The number of rotatable bonds is 16. The average molecular weight is 585 g/mol. The van der Waals surface area contributed by atoms with Gasteiger partial charge in [-0.3, -0.25) is 19.4 Å². The maximum absolute atomic E-state index is 13.3. The van der Waals surface area contributed by atoms with E-state index in [1.165, 1.54) is 12.5 Å². The molecular weight excluding hydrogens is 548 g/mol. The van der Waals surface area contributed by atoms with Crippen LogP contribution in [0.15, 0.2) is 48.0 Å². The summed E-state index contributed by atoms with van der Waals surface area (Å²) in [4.78, 5) is 64.6. The number of benzene rings is 1. The van der Waals surface area contributed by atoms with Crippen molar-refractivity contribution < 1.29 is 29.4 Å². The number of nitrogens with two attached hydrogens (primary N) is 3. The van der Waals surface area contributed by atoms with Crippen molar-refractivity contribution in [1.29, 1.82) is 0 Å². The van der Waals surface area contributed by atoms with Gasteiger partial charge >= 0.3 is 5.97 Å². The third-order valence-corrected chi connectivity index (χ3v) is 6.45. The number of carboxylic acids is 1. The number of carbonyl (C=O) groups is 4. The van der Waals surface area contributed by atoms with Crippen molar-refractivity contribution in [2.75, 3.05) is 13.2 Å². The first-order chi connectivity index (χ1) is 20.1. The van der Waals surface area contributed by atoms with E-state index in [0.29, 0.717) is 17.7 Å². The number of para-hydroxylation sites is 1. The SMILES string of the molecule is NC(N)=NCCCC(N)C(=O)NC(CO)C(=O)NC(Cc1cnc[nH]1)C(=O)NC(Cc1c[nH]c2ccccc12)C(=O)O. The fraction of sp³-hybridized carbons (Fsp3) is 0.385. The topological polar surface area (TPSA) is 280 Å². The number of hydrogen-bond acceptors (Lipinski definition) is 8. The molecule has 0 bridgehead atoms. The van der Waals surface area contributed by atoms with Crippen LogP contribution >= 0.6 is 0 Å². The number of hydrogen-bond donors (Lipinski definition) is 10. The van der Waals surface area contributed by atoms with Crippen molar-refractivity contribution in [3.05, 3.63) is 54.2 Å². The van der Waals surface area contributed by atoms with E-state index >= 15 is 0 Å². The van der Waals surface area contributed by atoms with Gasteiger partial charge in [-0.2, -0.15) is 0 Å². The summed E-state index contributed by atoms with van der Waals surface area (Å²) in [5.74, 6) is -3.72. The van der Waals surface area contributed by atoms with Crippen molar-refractivity contribution >= 4 is 40.6 Å². The van der Waals surface area contributed by atoms with Crippen LogP contribution in [0.4, 0.5) is 0 Å². The average Bonchev–Trinajstić information content (AvgIpc) is 3.62. The Bertz CT molecular complexity index is 1390. The summed E-state index contributed by atoms with van der Waals surface area (Å²) < 4.78 is 0. The number of amides is 3. The first kappa shape index (κ1) is 31.6. The first-order valence-electron chi connectivity index (χ1n) is 13.2. The molecule has 0 saturated heterocycles. The quantitative estimate of drug-likeness (QED) is 0.0483. The van der Waals surface area contributed by atoms with E-state index in [4.69, 9.17) is 17.2 Å². The number of nitrogens with zero attached hydrogens (tertiary/aromatic N) is 2. The molecule has 2 heterocycles. The first-order valence-corrected chi connectivity index (χ1v) is 13.2. The van der Waals surface area contributed by atoms with Gasteiger partial charge in [-0.15, -0.1) is 0 Å². The molecule has 0 aliphatic heterocycles. The van der Waals surface area contributed by atoms with Crippen LogP contribution in [-0.2, 0) is 32.0 Å². The lowest BCUT2D eigenvalue weighted by atomic mass is 10.0. The highest BCUT2D eigenvalue weighted by atomic mass is 16.4. The summed E-state index contributed by atoms with van der Waals surface area (Å²) in [6.07, 6.45) is 5.02. The van der Waals surface area contributed by atoms with Crippen LogP contribution in [0, 0.1) is 0 Å². The van der Waals surface area contributed by atoms with Crippen LogP contribution in [-0.4, -0.2) is 92.1 Å². The molecule has 16 nitrogen and oxygen atoms in total. The van der Waals surface area contributed by atoms with Gasteiger partial charge in [0.05, 0.1) is 19.0 Å². The Hall–Kier alpha value is -4.96. The Morgan fingerprint density at radius 3 is 2.31 bits per heavy atom. The van der Waals surface area contributed by atoms with Crippen LogP contribution in [0.5, 0.6) is 0 Å². The molecule has 13 N–H and O–H groups in total. The minimum absolute atomic E-state index is 0.0216. The van der Waals surface area contributed by atoms with Gasteiger partial charge < -0.3 is 53.3 Å². The summed E-state index contributed by atoms with van der Waals surface area (Å²) in [6.45, 7) is -0.524. The summed E-state index contributed by atoms with van der Waals surface area (Å²) in [5, 5.41) is 27.8. The summed E-state index contributed by atoms with van der Waals surface area (Å²) in [7, 11) is 0. The predicted molar refractivity (Wildman–Crippen MR) is 153 cm³/mol. The van der Waals surface area contributed by atoms with Crippen molar-refractivity contribution in [2.24, 2.45) is 22.2 Å². The number of aromatic amines is 2. The molecule has 226 valence electrons. The zero-order valence-electron chi connectivity index (χ0n) is 22.7. The zero-order chi connectivity index (χ0) is 30.6. The molecule has 4 unspecified atom stereocenters. The molecule has 3 amide bonds. The third-order valence-electron chi connectivity index (χ3n) is 6.45. The highest BCUT2D eigenvalue weighted by molar-refractivity contribution is 5.94. The second-order valence-electron chi connectivity index (χ2n) is 9.60. The number of carbonyl (C=O) groups excluding carboxylic acids is 3. The number of nitrogens with one attached hydrogen (secondary N) is 5. The van der Waals surface area contributed by atoms with Crippen LogP contribution in [0.25, 0.3) is 10.9 Å². The van der Waals surface area contributed by atoms with Crippen molar-refractivity contribution in [3.8, 4) is 0 Å². The Labute approximate surface area is 240 Å². The Balaban J connectivity index is 1.68. The van der Waals surface area contributed by atoms with Crippen LogP contribution in [0.3, 0.4) is 0 Å². The maximum Gasteiger partial charge on any atom is 0.326 e. The molecule has 0 spiro atoms. The van der Waals surface area contributed by atoms with Gasteiger partial charge in [-0.05, 0) is 24.5 Å². The molecule has 0 aliphatic carbocycles. The van der Waals surface area contributed by atoms with Gasteiger partial charge in [0.15, 0.2) is 5.96 Å². The van der Waals surface area contributed by atoms with Crippen molar-refractivity contribution in [2.45, 2.75) is 49.9 Å². The minimum atomic E-state index is -1.43. The van der Waals surface area contributed by atoms with Gasteiger partial charge in [-0.1, -0.05) is 18.2 Å². The zero-order valence-corrected chi connectivity index (χ0v) is 22.7. The highest BCUT2D eigenvalue weighted by Gasteiger charge is 2.31. The smallest absolute Gasteiger partial charge is 0.326 e. The third kappa shape index (κ3) is 9.03. The van der Waals surface area contributed by atoms with Gasteiger partial charge in [0.2, 0.25) is 17.7 Å². The lowest BCUT2D eigenvalue weighted by Crippen LogP contribution is -2.58. The lowest BCUT2D eigenvalue weighted by molar-refractivity contribution is -0.142. The van der Waals surface area contributed by atoms with Gasteiger partial charge in [0, 0.05) is 48.4 Å². The fourth-order valence-corrected chi connectivity index (χ4v) is 4.21. The molecule has 4 atom stereocenters. The second-order valence-corrected chi connectivity index (χ2v) is 9.60. The molecule has 16 heteroatoms. The standard InChI is InChI=1S/C26H36N10O6/c27-17(5-3-7-31-26(28)29)22(38)36-21(12-37)24(40)34-19(9-15-11-30-13-33-15)23(39)35-20(25(41)42)8-14-10-32-18-6-2-1-4-16(14)18/h1-2,4,6,10-11,13,17,19-21,32,37H,3,5,7-9,12,27H2,(H,30,33)(H,34,40)(H,35,39)(H,36,38)(H,41,42)(H4,28,29,31). The molecule has 0 fully saturated rings. The van der Waals surface area contributed by atoms with E-state index < -0.39 is 54.5 Å². The summed E-state index contributed by atoms with van der Waals surface area (Å²) in [5.41, 5.74) is 18.4. The normalized spacial score (nSPS) is 13.9. The van der Waals surface area contributed by atoms with E-state index in [-0.39, 0.29) is 31.8 Å². The number of aromatic nitrogens is 3. The number of aliphatic carboxylic acids is 1. The number of guanidine groups is 1. The number of aliphatic hydroxyl groups is 1. The molecule has 3 rings (SSSR count). The van der Waals surface area contributed by atoms with E-state index in [2.05, 4.69) is 35.9 Å². The number of H-pyrrole nitrogens is 2. The van der Waals surface area contributed by atoms with Crippen molar-refractivity contribution in [3.63, 3.8) is 0 Å². The van der Waals surface area contributed by atoms with Gasteiger partial charge in [-0.25, -0.2) is 9.78 Å². The van der Waals surface area contributed by atoms with Gasteiger partial charge in [0.1, 0.15) is 18.1 Å². The predicted octanol–water partition coefficient (Wildman–Crippen LogP) is -2.41. The number of fused-ring (bicyclic) bond motifs is 1. The minimum Gasteiger partial charge on any atom is -0.480 e. The van der Waals surface area contributed by atoms with E-state index in [1.54, 1.807) is 6.20 Å². The summed E-state index contributed by atoms with van der Waals surface area (Å²) in [6, 6.07) is 2.31. The fourth-order valence-electron chi connectivity index (χ4n) is 4.21. The van der Waals surface area contributed by atoms with Crippen molar-refractivity contribution in [1.82, 2.24) is 30.9 Å². The second kappa shape index (κ2) is 15.2. The monoisotopic (exact) mass is 584 g/mol. The molecule has 42 heavy (non-hydrogen) atoms. The summed E-state index contributed by atoms with van der Waals surface area (Å²) >= 11 is 0. The van der Waals surface area contributed by atoms with E-state index in [1.807, 2.05) is 24.3 Å². The molecule has 0 saturated carbocycles. The Morgan fingerprint density at radius 2 is 1.64 bits per heavy atom. The van der Waals surface area contributed by atoms with Crippen LogP contribution in [0.2, 0.25) is 0 Å². The molecule has 0 aliphatic rings. The highest BCUT2D eigenvalue weighted by Crippen LogP contribution is 2.19. The number of carboxylic acid groups (broad SMARTS) is 1. The molecule has 0 radical (unpaired) electrons. The Kier molecular flexibility index (Phi) is 11.4. The maximum atomic E-state index is 13.3. The van der Waals surface area contributed by atoms with Crippen LogP contribution < -0.4 is 33.2 Å². The van der Waals surface area contributed by atoms with Crippen LogP contribution in [0.1, 0.15) is 24.1 Å². The van der Waals surface area contributed by atoms with E-state index in [9.17, 15) is 29.4 Å². The molecule has 3 aromatic rings. The molecule has 1 aromatic carbocycles.